The number of amides is 2. The summed E-state index contributed by atoms with van der Waals surface area (Å²) in [7, 11) is 3.10. The van der Waals surface area contributed by atoms with Crippen molar-refractivity contribution in [2.24, 2.45) is 28.8 Å². The van der Waals surface area contributed by atoms with Gasteiger partial charge in [-0.3, -0.25) is 9.59 Å². The van der Waals surface area contributed by atoms with E-state index in [0.717, 1.165) is 17.9 Å². The largest absolute Gasteiger partial charge is 0.493 e. The van der Waals surface area contributed by atoms with Gasteiger partial charge in [0, 0.05) is 5.56 Å². The maximum atomic E-state index is 12.8. The Hall–Kier alpha value is -2.83. The van der Waals surface area contributed by atoms with Gasteiger partial charge in [-0.05, 0) is 43.7 Å². The molecule has 0 unspecified atom stereocenters. The van der Waals surface area contributed by atoms with Crippen LogP contribution in [0.5, 0.6) is 17.2 Å². The molecule has 4 rings (SSSR count). The highest BCUT2D eigenvalue weighted by Crippen LogP contribution is 2.52. The fourth-order valence-electron chi connectivity index (χ4n) is 4.50. The lowest BCUT2D eigenvalue weighted by molar-refractivity contribution is -0.140. The van der Waals surface area contributed by atoms with Crippen molar-refractivity contribution >= 4 is 18.0 Å². The van der Waals surface area contributed by atoms with Crippen LogP contribution in [0.2, 0.25) is 0 Å². The van der Waals surface area contributed by atoms with Crippen LogP contribution < -0.4 is 14.2 Å². The molecule has 2 fully saturated rings. The van der Waals surface area contributed by atoms with E-state index in [0.29, 0.717) is 22.8 Å². The molecule has 154 valence electrons. The Morgan fingerprint density at radius 1 is 1.10 bits per heavy atom. The number of hydrogen-bond donors (Lipinski definition) is 0. The Balaban J connectivity index is 1.59. The maximum Gasteiger partial charge on any atom is 0.254 e. The smallest absolute Gasteiger partial charge is 0.254 e. The highest BCUT2D eigenvalue weighted by atomic mass is 16.5. The number of ether oxygens (including phenoxy) is 3. The molecule has 2 amide bonds. The molecule has 7 nitrogen and oxygen atoms in total. The average molecular weight is 398 g/mol. The number of rotatable bonds is 7. The number of methoxy groups -OCH3 is 2. The van der Waals surface area contributed by atoms with Gasteiger partial charge in [0.2, 0.25) is 5.75 Å². The SMILES string of the molecule is CC[C@@H](C)Oc1c(OC)cc(C=NN2C(=O)[C@@H]3[C@H](C2=O)[C@H]2C=C[C@H]3C2)cc1OC. The predicted molar refractivity (Wildman–Crippen MR) is 107 cm³/mol. The minimum absolute atomic E-state index is 0.000509. The topological polar surface area (TPSA) is 77.4 Å². The molecule has 0 aromatic heterocycles. The summed E-state index contributed by atoms with van der Waals surface area (Å²) in [5, 5.41) is 5.25. The van der Waals surface area contributed by atoms with Crippen LogP contribution in [0.3, 0.4) is 0 Å². The minimum Gasteiger partial charge on any atom is -0.493 e. The number of carbonyl (C=O) groups excluding carboxylic acids is 2. The first-order chi connectivity index (χ1) is 14.0. The number of imide groups is 1. The Morgan fingerprint density at radius 2 is 1.66 bits per heavy atom. The molecule has 7 heteroatoms. The van der Waals surface area contributed by atoms with Gasteiger partial charge >= 0.3 is 0 Å². The second kappa shape index (κ2) is 7.54. The first-order valence-electron chi connectivity index (χ1n) is 10.0. The van der Waals surface area contributed by atoms with Gasteiger partial charge in [0.1, 0.15) is 0 Å². The van der Waals surface area contributed by atoms with Gasteiger partial charge in [-0.15, -0.1) is 0 Å². The highest BCUT2D eigenvalue weighted by molar-refractivity contribution is 6.06. The van der Waals surface area contributed by atoms with Crippen molar-refractivity contribution in [3.63, 3.8) is 0 Å². The third-order valence-corrected chi connectivity index (χ3v) is 6.15. The van der Waals surface area contributed by atoms with E-state index in [1.807, 2.05) is 13.8 Å². The van der Waals surface area contributed by atoms with Crippen LogP contribution in [0.1, 0.15) is 32.3 Å². The zero-order valence-electron chi connectivity index (χ0n) is 17.1. The molecular formula is C22H26N2O5. The van der Waals surface area contributed by atoms with E-state index in [1.165, 1.54) is 6.21 Å². The predicted octanol–water partition coefficient (Wildman–Crippen LogP) is 3.02. The molecule has 3 aliphatic rings. The van der Waals surface area contributed by atoms with Gasteiger partial charge in [-0.25, -0.2) is 0 Å². The minimum atomic E-state index is -0.259. The molecular weight excluding hydrogens is 372 g/mol. The van der Waals surface area contributed by atoms with E-state index in [9.17, 15) is 9.59 Å². The van der Waals surface area contributed by atoms with Crippen LogP contribution >= 0.6 is 0 Å². The molecule has 1 aliphatic heterocycles. The van der Waals surface area contributed by atoms with E-state index in [2.05, 4.69) is 17.3 Å². The number of fused-ring (bicyclic) bond motifs is 5. The summed E-state index contributed by atoms with van der Waals surface area (Å²) in [6, 6.07) is 3.50. The van der Waals surface area contributed by atoms with Crippen LogP contribution in [-0.2, 0) is 9.59 Å². The summed E-state index contributed by atoms with van der Waals surface area (Å²) in [4.78, 5) is 25.5. The third kappa shape index (κ3) is 3.18. The molecule has 2 aliphatic carbocycles. The molecule has 1 saturated heterocycles. The summed E-state index contributed by atoms with van der Waals surface area (Å²) in [5.74, 6) is 0.931. The van der Waals surface area contributed by atoms with Crippen LogP contribution in [-0.4, -0.2) is 43.4 Å². The second-order valence-electron chi connectivity index (χ2n) is 7.82. The van der Waals surface area contributed by atoms with Gasteiger partial charge in [0.05, 0.1) is 38.4 Å². The molecule has 0 radical (unpaired) electrons. The fraction of sp³-hybridized carbons (Fsp3) is 0.500. The maximum absolute atomic E-state index is 12.8. The Bertz CT molecular complexity index is 838. The first-order valence-corrected chi connectivity index (χ1v) is 10.0. The van der Waals surface area contributed by atoms with Crippen molar-refractivity contribution in [1.29, 1.82) is 0 Å². The van der Waals surface area contributed by atoms with E-state index in [-0.39, 0.29) is 41.6 Å². The average Bonchev–Trinajstić information content (AvgIpc) is 3.41. The summed E-state index contributed by atoms with van der Waals surface area (Å²) in [6.07, 6.45) is 7.36. The molecule has 5 atom stereocenters. The fourth-order valence-corrected chi connectivity index (χ4v) is 4.50. The molecule has 1 heterocycles. The quantitative estimate of drug-likeness (QED) is 0.401. The van der Waals surface area contributed by atoms with E-state index < -0.39 is 0 Å². The highest BCUT2D eigenvalue weighted by Gasteiger charge is 2.59. The number of benzene rings is 1. The number of hydrogen-bond acceptors (Lipinski definition) is 6. The zero-order valence-corrected chi connectivity index (χ0v) is 17.1. The van der Waals surface area contributed by atoms with E-state index in [4.69, 9.17) is 14.2 Å². The molecule has 0 spiro atoms. The van der Waals surface area contributed by atoms with Crippen LogP contribution in [0, 0.1) is 23.7 Å². The molecule has 29 heavy (non-hydrogen) atoms. The summed E-state index contributed by atoms with van der Waals surface area (Å²) < 4.78 is 16.9. The van der Waals surface area contributed by atoms with Crippen LogP contribution in [0.4, 0.5) is 0 Å². The van der Waals surface area contributed by atoms with Crippen LogP contribution in [0.15, 0.2) is 29.4 Å². The molecule has 1 aromatic carbocycles. The molecule has 1 saturated carbocycles. The lowest BCUT2D eigenvalue weighted by Gasteiger charge is -2.19. The monoisotopic (exact) mass is 398 g/mol. The zero-order chi connectivity index (χ0) is 20.7. The van der Waals surface area contributed by atoms with Crippen molar-refractivity contribution < 1.29 is 23.8 Å². The number of carbonyl (C=O) groups is 2. The van der Waals surface area contributed by atoms with Crippen molar-refractivity contribution in [3.05, 3.63) is 29.8 Å². The standard InChI is InChI=1S/C22H26N2O5/c1-5-12(2)29-20-16(27-3)8-13(9-17(20)28-4)11-23-24-21(25)18-14-6-7-15(10-14)19(18)22(24)26/h6-9,11-12,14-15,18-19H,5,10H2,1-4H3/t12-,14+,15+,18-,19+/m1/s1. The van der Waals surface area contributed by atoms with Crippen molar-refractivity contribution in [2.45, 2.75) is 32.8 Å². The van der Waals surface area contributed by atoms with Gasteiger partial charge in [-0.1, -0.05) is 19.1 Å². The number of hydrazone groups is 1. The second-order valence-corrected chi connectivity index (χ2v) is 7.82. The lowest BCUT2D eigenvalue weighted by atomic mass is 9.85. The van der Waals surface area contributed by atoms with Crippen molar-refractivity contribution in [3.8, 4) is 17.2 Å². The molecule has 2 bridgehead atoms. The van der Waals surface area contributed by atoms with Crippen molar-refractivity contribution in [1.82, 2.24) is 5.01 Å². The number of allylic oxidation sites excluding steroid dienone is 2. The normalized spacial score (nSPS) is 28.3. The first kappa shape index (κ1) is 19.5. The molecule has 0 N–H and O–H groups in total. The van der Waals surface area contributed by atoms with Gasteiger partial charge in [-0.2, -0.15) is 10.1 Å². The summed E-state index contributed by atoms with van der Waals surface area (Å²) in [6.45, 7) is 4.00. The summed E-state index contributed by atoms with van der Waals surface area (Å²) in [5.41, 5.74) is 0.647. The van der Waals surface area contributed by atoms with Crippen LogP contribution in [0.25, 0.3) is 0 Å². The molecule has 1 aromatic rings. The van der Waals surface area contributed by atoms with Gasteiger partial charge < -0.3 is 14.2 Å². The van der Waals surface area contributed by atoms with E-state index in [1.54, 1.807) is 26.4 Å². The third-order valence-electron chi connectivity index (χ3n) is 6.15. The Labute approximate surface area is 170 Å². The van der Waals surface area contributed by atoms with Gasteiger partial charge in [0.25, 0.3) is 11.8 Å². The van der Waals surface area contributed by atoms with Gasteiger partial charge in [0.15, 0.2) is 11.5 Å². The lowest BCUT2D eigenvalue weighted by Crippen LogP contribution is -2.28. The van der Waals surface area contributed by atoms with E-state index >= 15 is 0 Å². The number of nitrogens with zero attached hydrogens (tertiary/aromatic N) is 2. The Morgan fingerprint density at radius 3 is 2.14 bits per heavy atom. The summed E-state index contributed by atoms with van der Waals surface area (Å²) >= 11 is 0. The Kier molecular flexibility index (Phi) is 5.06. The van der Waals surface area contributed by atoms with Crippen molar-refractivity contribution in [2.75, 3.05) is 14.2 Å².